The molecule has 0 aromatic carbocycles. The summed E-state index contributed by atoms with van der Waals surface area (Å²) in [7, 11) is 0. The van der Waals surface area contributed by atoms with E-state index in [1.165, 1.54) is 0 Å². The first-order chi connectivity index (χ1) is 5.84. The fourth-order valence-electron chi connectivity index (χ4n) is 1.52. The van der Waals surface area contributed by atoms with E-state index in [9.17, 15) is 9.59 Å². The molecule has 1 aliphatic rings. The molecule has 1 fully saturated rings. The molecule has 1 saturated carbocycles. The van der Waals surface area contributed by atoms with Gasteiger partial charge in [0.2, 0.25) is 0 Å². The monoisotopic (exact) mass is 184 g/mol. The summed E-state index contributed by atoms with van der Waals surface area (Å²) in [6, 6.07) is 0. The van der Waals surface area contributed by atoms with Crippen LogP contribution in [-0.4, -0.2) is 16.9 Å². The van der Waals surface area contributed by atoms with Crippen LogP contribution in [0.25, 0.3) is 0 Å². The fourth-order valence-corrected chi connectivity index (χ4v) is 1.52. The van der Waals surface area contributed by atoms with Crippen molar-refractivity contribution < 1.29 is 14.7 Å². The quantitative estimate of drug-likeness (QED) is 0.679. The highest BCUT2D eigenvalue weighted by Gasteiger charge is 2.44. The molecule has 0 bridgehead atoms. The Balaban J connectivity index is 2.78. The third kappa shape index (κ3) is 2.29. The minimum atomic E-state index is -0.982. The molecular weight excluding hydrogens is 168 g/mol. The molecular formula is C10H16O3. The van der Waals surface area contributed by atoms with Gasteiger partial charge >= 0.3 is 5.97 Å². The third-order valence-electron chi connectivity index (χ3n) is 2.38. The van der Waals surface area contributed by atoms with E-state index in [-0.39, 0.29) is 11.7 Å². The standard InChI is InChI=1S/C10H16O3/c1-10(2,3)7(9(12)13)8(11)6-4-5-6/h6-7H,4-5H2,1-3H3,(H,12,13). The van der Waals surface area contributed by atoms with Crippen LogP contribution in [0, 0.1) is 17.3 Å². The van der Waals surface area contributed by atoms with Crippen LogP contribution in [0.2, 0.25) is 0 Å². The van der Waals surface area contributed by atoms with Gasteiger partial charge in [-0.15, -0.1) is 0 Å². The number of carboxylic acids is 1. The maximum Gasteiger partial charge on any atom is 0.314 e. The van der Waals surface area contributed by atoms with Crippen LogP contribution in [0.15, 0.2) is 0 Å². The number of hydrogen-bond acceptors (Lipinski definition) is 2. The van der Waals surface area contributed by atoms with E-state index in [4.69, 9.17) is 5.11 Å². The van der Waals surface area contributed by atoms with Crippen LogP contribution in [0.4, 0.5) is 0 Å². The average molecular weight is 184 g/mol. The summed E-state index contributed by atoms with van der Waals surface area (Å²) in [6.07, 6.45) is 1.75. The largest absolute Gasteiger partial charge is 0.481 e. The lowest BCUT2D eigenvalue weighted by atomic mass is 9.77. The molecule has 74 valence electrons. The molecule has 0 heterocycles. The Morgan fingerprint density at radius 2 is 1.77 bits per heavy atom. The molecule has 13 heavy (non-hydrogen) atoms. The van der Waals surface area contributed by atoms with Gasteiger partial charge in [-0.3, -0.25) is 9.59 Å². The van der Waals surface area contributed by atoms with Crippen molar-refractivity contribution in [2.24, 2.45) is 17.3 Å². The van der Waals surface area contributed by atoms with Crippen molar-refractivity contribution in [3.63, 3.8) is 0 Å². The molecule has 3 heteroatoms. The van der Waals surface area contributed by atoms with Gasteiger partial charge in [-0.1, -0.05) is 20.8 Å². The van der Waals surface area contributed by atoms with Gasteiger partial charge in [0.1, 0.15) is 5.92 Å². The molecule has 0 radical (unpaired) electrons. The van der Waals surface area contributed by atoms with Gasteiger partial charge in [0.05, 0.1) is 0 Å². The normalized spacial score (nSPS) is 19.6. The molecule has 1 atom stereocenters. The number of aliphatic carboxylic acids is 1. The average Bonchev–Trinajstić information content (AvgIpc) is 2.61. The van der Waals surface area contributed by atoms with E-state index in [2.05, 4.69) is 0 Å². The van der Waals surface area contributed by atoms with Crippen molar-refractivity contribution in [3.05, 3.63) is 0 Å². The van der Waals surface area contributed by atoms with E-state index in [1.807, 2.05) is 0 Å². The molecule has 1 unspecified atom stereocenters. The number of carboxylic acid groups (broad SMARTS) is 1. The molecule has 0 aromatic rings. The van der Waals surface area contributed by atoms with Gasteiger partial charge in [-0.05, 0) is 18.3 Å². The molecule has 0 amide bonds. The maximum atomic E-state index is 11.6. The number of Topliss-reactive ketones (excluding diaryl/α,β-unsaturated/α-hetero) is 1. The fraction of sp³-hybridized carbons (Fsp3) is 0.800. The highest BCUT2D eigenvalue weighted by Crippen LogP contribution is 2.38. The molecule has 0 saturated heterocycles. The Bertz CT molecular complexity index is 233. The van der Waals surface area contributed by atoms with Gasteiger partial charge in [-0.25, -0.2) is 0 Å². The second kappa shape index (κ2) is 3.13. The second-order valence-corrected chi connectivity index (χ2v) is 4.81. The van der Waals surface area contributed by atoms with Gasteiger partial charge in [0, 0.05) is 5.92 Å². The van der Waals surface area contributed by atoms with Crippen molar-refractivity contribution in [1.29, 1.82) is 0 Å². The van der Waals surface area contributed by atoms with E-state index >= 15 is 0 Å². The highest BCUT2D eigenvalue weighted by molar-refractivity contribution is 6.01. The van der Waals surface area contributed by atoms with Crippen molar-refractivity contribution in [3.8, 4) is 0 Å². The Labute approximate surface area is 78.1 Å². The summed E-state index contributed by atoms with van der Waals surface area (Å²) in [5.41, 5.74) is -0.467. The topological polar surface area (TPSA) is 54.4 Å². The van der Waals surface area contributed by atoms with Gasteiger partial charge < -0.3 is 5.11 Å². The van der Waals surface area contributed by atoms with Crippen LogP contribution in [-0.2, 0) is 9.59 Å². The SMILES string of the molecule is CC(C)(C)C(C(=O)O)C(=O)C1CC1. The number of ketones is 1. The zero-order valence-corrected chi connectivity index (χ0v) is 8.33. The van der Waals surface area contributed by atoms with Crippen LogP contribution >= 0.6 is 0 Å². The summed E-state index contributed by atoms with van der Waals surface area (Å²) < 4.78 is 0. The first kappa shape index (κ1) is 10.2. The molecule has 1 aliphatic carbocycles. The molecule has 1 rings (SSSR count). The first-order valence-electron chi connectivity index (χ1n) is 4.60. The van der Waals surface area contributed by atoms with Crippen molar-refractivity contribution >= 4 is 11.8 Å². The van der Waals surface area contributed by atoms with Gasteiger partial charge in [-0.2, -0.15) is 0 Å². The van der Waals surface area contributed by atoms with Crippen molar-refractivity contribution in [1.82, 2.24) is 0 Å². The number of carbonyl (C=O) groups is 2. The van der Waals surface area contributed by atoms with Gasteiger partial charge in [0.15, 0.2) is 5.78 Å². The lowest BCUT2D eigenvalue weighted by molar-refractivity contribution is -0.151. The predicted molar refractivity (Wildman–Crippen MR) is 48.3 cm³/mol. The second-order valence-electron chi connectivity index (χ2n) is 4.81. The van der Waals surface area contributed by atoms with Crippen LogP contribution in [0.5, 0.6) is 0 Å². The minimum absolute atomic E-state index is 0.0281. The Morgan fingerprint density at radius 1 is 1.31 bits per heavy atom. The Morgan fingerprint density at radius 3 is 2.00 bits per heavy atom. The molecule has 0 aromatic heterocycles. The maximum absolute atomic E-state index is 11.6. The smallest absolute Gasteiger partial charge is 0.314 e. The lowest BCUT2D eigenvalue weighted by Crippen LogP contribution is -2.36. The number of rotatable bonds is 3. The van der Waals surface area contributed by atoms with Crippen LogP contribution in [0.3, 0.4) is 0 Å². The van der Waals surface area contributed by atoms with Crippen molar-refractivity contribution in [2.75, 3.05) is 0 Å². The minimum Gasteiger partial charge on any atom is -0.481 e. The Kier molecular flexibility index (Phi) is 2.46. The van der Waals surface area contributed by atoms with E-state index in [0.29, 0.717) is 0 Å². The summed E-state index contributed by atoms with van der Waals surface area (Å²) in [5, 5.41) is 8.94. The summed E-state index contributed by atoms with van der Waals surface area (Å²) in [5.74, 6) is -1.87. The van der Waals surface area contributed by atoms with Crippen LogP contribution in [0.1, 0.15) is 33.6 Å². The van der Waals surface area contributed by atoms with E-state index in [0.717, 1.165) is 12.8 Å². The third-order valence-corrected chi connectivity index (χ3v) is 2.38. The van der Waals surface area contributed by atoms with E-state index in [1.54, 1.807) is 20.8 Å². The lowest BCUT2D eigenvalue weighted by Gasteiger charge is -2.25. The Hall–Kier alpha value is -0.860. The summed E-state index contributed by atoms with van der Waals surface area (Å²) >= 11 is 0. The molecule has 3 nitrogen and oxygen atoms in total. The first-order valence-corrected chi connectivity index (χ1v) is 4.60. The summed E-state index contributed by atoms with van der Waals surface area (Å²) in [6.45, 7) is 5.39. The van der Waals surface area contributed by atoms with Crippen molar-refractivity contribution in [2.45, 2.75) is 33.6 Å². The highest BCUT2D eigenvalue weighted by atomic mass is 16.4. The molecule has 0 spiro atoms. The zero-order valence-electron chi connectivity index (χ0n) is 8.33. The predicted octanol–water partition coefficient (Wildman–Crippen LogP) is 1.71. The van der Waals surface area contributed by atoms with Gasteiger partial charge in [0.25, 0.3) is 0 Å². The number of hydrogen-bond donors (Lipinski definition) is 1. The number of carbonyl (C=O) groups excluding carboxylic acids is 1. The summed E-state index contributed by atoms with van der Waals surface area (Å²) in [4.78, 5) is 22.5. The van der Waals surface area contributed by atoms with E-state index < -0.39 is 17.3 Å². The zero-order chi connectivity index (χ0) is 10.2. The van der Waals surface area contributed by atoms with Crippen LogP contribution < -0.4 is 0 Å². The molecule has 1 N–H and O–H groups in total. The molecule has 0 aliphatic heterocycles.